The number of carbonyl (C=O) groups is 2. The number of thioether (sulfide) groups is 1. The Hall–Kier alpha value is -1.84. The zero-order valence-electron chi connectivity index (χ0n) is 14.6. The van der Waals surface area contributed by atoms with E-state index in [-0.39, 0.29) is 12.0 Å². The minimum atomic E-state index is -0.504. The number of piperazine rings is 1. The molecule has 9 nitrogen and oxygen atoms in total. The second-order valence-electron chi connectivity index (χ2n) is 6.53. The van der Waals surface area contributed by atoms with E-state index >= 15 is 0 Å². The molecule has 0 bridgehead atoms. The molecule has 134 valence electrons. The van der Waals surface area contributed by atoms with Crippen LogP contribution in [0.5, 0.6) is 0 Å². The van der Waals surface area contributed by atoms with Crippen molar-refractivity contribution in [3.05, 3.63) is 0 Å². The van der Waals surface area contributed by atoms with Gasteiger partial charge in [0.05, 0.1) is 0 Å². The van der Waals surface area contributed by atoms with Gasteiger partial charge in [0, 0.05) is 45.4 Å². The molecule has 2 heterocycles. The maximum absolute atomic E-state index is 12.2. The maximum Gasteiger partial charge on any atom is 0.410 e. The molecule has 10 heteroatoms. The molecule has 2 rings (SSSR count). The van der Waals surface area contributed by atoms with Gasteiger partial charge in [-0.2, -0.15) is 0 Å². The quantitative estimate of drug-likeness (QED) is 0.736. The second kappa shape index (κ2) is 7.82. The fraction of sp³-hybridized carbons (Fsp3) is 0.786. The van der Waals surface area contributed by atoms with E-state index in [0.29, 0.717) is 43.5 Å². The molecule has 24 heavy (non-hydrogen) atoms. The molecule has 1 aromatic heterocycles. The molecule has 1 saturated heterocycles. The van der Waals surface area contributed by atoms with E-state index in [0.717, 1.165) is 0 Å². The third-order valence-corrected chi connectivity index (χ3v) is 4.42. The molecule has 1 aliphatic heterocycles. The number of amides is 2. The molecular weight excluding hydrogens is 332 g/mol. The fourth-order valence-electron chi connectivity index (χ4n) is 2.20. The van der Waals surface area contributed by atoms with Crippen LogP contribution in [0.4, 0.5) is 4.79 Å². The summed E-state index contributed by atoms with van der Waals surface area (Å²) in [6.07, 6.45) is 0.101. The molecule has 0 N–H and O–H groups in total. The number of aromatic nitrogens is 4. The summed E-state index contributed by atoms with van der Waals surface area (Å²) in [6.45, 7) is 7.60. The Kier molecular flexibility index (Phi) is 6.03. The van der Waals surface area contributed by atoms with Crippen molar-refractivity contribution in [1.82, 2.24) is 30.0 Å². The van der Waals surface area contributed by atoms with Gasteiger partial charge in [0.25, 0.3) is 0 Å². The number of ether oxygens (including phenoxy) is 1. The van der Waals surface area contributed by atoms with Crippen molar-refractivity contribution in [2.24, 2.45) is 7.05 Å². The van der Waals surface area contributed by atoms with Gasteiger partial charge in [-0.05, 0) is 31.2 Å². The summed E-state index contributed by atoms with van der Waals surface area (Å²) in [5.41, 5.74) is -0.504. The summed E-state index contributed by atoms with van der Waals surface area (Å²) in [6, 6.07) is 0. The number of rotatable bonds is 4. The molecule has 0 radical (unpaired) electrons. The monoisotopic (exact) mass is 356 g/mol. The highest BCUT2D eigenvalue weighted by molar-refractivity contribution is 7.99. The number of hydrogen-bond acceptors (Lipinski definition) is 7. The van der Waals surface area contributed by atoms with Crippen molar-refractivity contribution in [2.75, 3.05) is 31.9 Å². The summed E-state index contributed by atoms with van der Waals surface area (Å²) in [5.74, 6) is 0.709. The van der Waals surface area contributed by atoms with E-state index in [1.165, 1.54) is 11.8 Å². The Balaban J connectivity index is 1.70. The minimum Gasteiger partial charge on any atom is -0.444 e. The van der Waals surface area contributed by atoms with Crippen LogP contribution >= 0.6 is 11.8 Å². The predicted octanol–water partition coefficient (Wildman–Crippen LogP) is 0.772. The molecule has 0 saturated carbocycles. The van der Waals surface area contributed by atoms with Crippen molar-refractivity contribution in [2.45, 2.75) is 37.9 Å². The average molecular weight is 356 g/mol. The van der Waals surface area contributed by atoms with E-state index < -0.39 is 5.60 Å². The number of tetrazole rings is 1. The molecule has 0 atom stereocenters. The van der Waals surface area contributed by atoms with Crippen LogP contribution in [0.1, 0.15) is 27.2 Å². The van der Waals surface area contributed by atoms with Crippen LogP contribution in [-0.2, 0) is 16.6 Å². The summed E-state index contributed by atoms with van der Waals surface area (Å²) in [4.78, 5) is 27.7. The zero-order valence-corrected chi connectivity index (χ0v) is 15.4. The number of hydrogen-bond donors (Lipinski definition) is 0. The van der Waals surface area contributed by atoms with Gasteiger partial charge in [-0.15, -0.1) is 5.10 Å². The Labute approximate surface area is 145 Å². The molecular formula is C14H24N6O3S. The van der Waals surface area contributed by atoms with Gasteiger partial charge in [0.2, 0.25) is 11.1 Å². The van der Waals surface area contributed by atoms with Crippen molar-refractivity contribution in [1.29, 1.82) is 0 Å². The van der Waals surface area contributed by atoms with Gasteiger partial charge in [-0.3, -0.25) is 4.79 Å². The molecule has 1 fully saturated rings. The summed E-state index contributed by atoms with van der Waals surface area (Å²) in [7, 11) is 1.76. The summed E-state index contributed by atoms with van der Waals surface area (Å²) in [5, 5.41) is 11.9. The SMILES string of the molecule is Cn1nnnc1SCCC(=O)N1CCN(C(=O)OC(C)(C)C)CC1. The van der Waals surface area contributed by atoms with E-state index in [9.17, 15) is 9.59 Å². The first-order valence-corrected chi connectivity index (χ1v) is 8.85. The molecule has 0 unspecified atom stereocenters. The van der Waals surface area contributed by atoms with Gasteiger partial charge < -0.3 is 14.5 Å². The lowest BCUT2D eigenvalue weighted by Crippen LogP contribution is -2.51. The highest BCUT2D eigenvalue weighted by Crippen LogP contribution is 2.15. The Morgan fingerprint density at radius 2 is 1.79 bits per heavy atom. The van der Waals surface area contributed by atoms with E-state index in [2.05, 4.69) is 15.5 Å². The van der Waals surface area contributed by atoms with Crippen LogP contribution < -0.4 is 0 Å². The highest BCUT2D eigenvalue weighted by Gasteiger charge is 2.27. The van der Waals surface area contributed by atoms with Gasteiger partial charge in [0.15, 0.2) is 0 Å². The summed E-state index contributed by atoms with van der Waals surface area (Å²) < 4.78 is 6.93. The Bertz CT molecular complexity index is 577. The third kappa shape index (κ3) is 5.36. The standard InChI is InChI=1S/C14H24N6O3S/c1-14(2,3)23-13(22)20-8-6-19(7-9-20)11(21)5-10-24-12-15-16-17-18(12)4/h5-10H2,1-4H3. The van der Waals surface area contributed by atoms with Crippen LogP contribution in [0.25, 0.3) is 0 Å². The van der Waals surface area contributed by atoms with Gasteiger partial charge in [-0.25, -0.2) is 9.48 Å². The second-order valence-corrected chi connectivity index (χ2v) is 7.59. The normalized spacial score (nSPS) is 15.5. The first-order chi connectivity index (χ1) is 11.3. The lowest BCUT2D eigenvalue weighted by atomic mass is 10.2. The highest BCUT2D eigenvalue weighted by atomic mass is 32.2. The maximum atomic E-state index is 12.2. The molecule has 0 aliphatic carbocycles. The van der Waals surface area contributed by atoms with Crippen molar-refractivity contribution in [3.63, 3.8) is 0 Å². The molecule has 1 aromatic rings. The van der Waals surface area contributed by atoms with Crippen LogP contribution in [0, 0.1) is 0 Å². The van der Waals surface area contributed by atoms with Gasteiger partial charge in [0.1, 0.15) is 5.60 Å². The first-order valence-electron chi connectivity index (χ1n) is 7.87. The topological polar surface area (TPSA) is 93.5 Å². The molecule has 1 aliphatic rings. The summed E-state index contributed by atoms with van der Waals surface area (Å²) >= 11 is 1.45. The average Bonchev–Trinajstić information content (AvgIpc) is 2.91. The van der Waals surface area contributed by atoms with Crippen molar-refractivity contribution < 1.29 is 14.3 Å². The van der Waals surface area contributed by atoms with Crippen LogP contribution in [0.2, 0.25) is 0 Å². The number of carbonyl (C=O) groups excluding carboxylic acids is 2. The lowest BCUT2D eigenvalue weighted by Gasteiger charge is -2.35. The zero-order chi connectivity index (χ0) is 17.7. The van der Waals surface area contributed by atoms with E-state index in [1.807, 2.05) is 20.8 Å². The largest absolute Gasteiger partial charge is 0.444 e. The molecule has 2 amide bonds. The number of aryl methyl sites for hydroxylation is 1. The van der Waals surface area contributed by atoms with Crippen molar-refractivity contribution in [3.8, 4) is 0 Å². The fourth-order valence-corrected chi connectivity index (χ4v) is 2.97. The smallest absolute Gasteiger partial charge is 0.410 e. The Morgan fingerprint density at radius 1 is 1.17 bits per heavy atom. The first kappa shape index (κ1) is 18.5. The minimum absolute atomic E-state index is 0.0847. The van der Waals surface area contributed by atoms with E-state index in [1.54, 1.807) is 21.5 Å². The molecule has 0 spiro atoms. The van der Waals surface area contributed by atoms with Crippen LogP contribution in [-0.4, -0.2) is 79.5 Å². The van der Waals surface area contributed by atoms with E-state index in [4.69, 9.17) is 4.74 Å². The third-order valence-electron chi connectivity index (χ3n) is 3.41. The van der Waals surface area contributed by atoms with Gasteiger partial charge in [-0.1, -0.05) is 11.8 Å². The lowest BCUT2D eigenvalue weighted by molar-refractivity contribution is -0.132. The molecule has 0 aromatic carbocycles. The predicted molar refractivity (Wildman–Crippen MR) is 88.5 cm³/mol. The van der Waals surface area contributed by atoms with Gasteiger partial charge >= 0.3 is 6.09 Å². The van der Waals surface area contributed by atoms with Crippen LogP contribution in [0.15, 0.2) is 5.16 Å². The Morgan fingerprint density at radius 3 is 2.33 bits per heavy atom. The van der Waals surface area contributed by atoms with Crippen molar-refractivity contribution >= 4 is 23.8 Å². The van der Waals surface area contributed by atoms with Crippen LogP contribution in [0.3, 0.4) is 0 Å². The number of nitrogens with zero attached hydrogens (tertiary/aromatic N) is 6.